The molecule has 1 atom stereocenters. The molecule has 118 valence electrons. The van der Waals surface area contributed by atoms with Gasteiger partial charge < -0.3 is 20.1 Å². The minimum atomic E-state index is -0.248. The normalized spacial score (nSPS) is 19.9. The Hall–Kier alpha value is -1.17. The number of anilines is 1. The molecule has 0 bridgehead atoms. The lowest BCUT2D eigenvalue weighted by molar-refractivity contribution is 0.00335. The molecule has 0 spiro atoms. The van der Waals surface area contributed by atoms with Crippen LogP contribution in [0.3, 0.4) is 0 Å². The monoisotopic (exact) mass is 296 g/mol. The Morgan fingerprint density at radius 3 is 2.86 bits per heavy atom. The highest BCUT2D eigenvalue weighted by atomic mass is 19.1. The van der Waals surface area contributed by atoms with E-state index in [1.54, 1.807) is 6.07 Å². The lowest BCUT2D eigenvalue weighted by Crippen LogP contribution is -2.45. The molecule has 0 saturated carbocycles. The van der Waals surface area contributed by atoms with Crippen molar-refractivity contribution in [3.63, 3.8) is 0 Å². The van der Waals surface area contributed by atoms with Gasteiger partial charge in [0.15, 0.2) is 0 Å². The van der Waals surface area contributed by atoms with Crippen LogP contribution in [0.25, 0.3) is 0 Å². The zero-order chi connectivity index (χ0) is 15.5. The fourth-order valence-corrected chi connectivity index (χ4v) is 2.45. The van der Waals surface area contributed by atoms with Gasteiger partial charge in [0.05, 0.1) is 25.0 Å². The molecule has 2 rings (SSSR count). The van der Waals surface area contributed by atoms with Gasteiger partial charge in [0.25, 0.3) is 0 Å². The smallest absolute Gasteiger partial charge is 0.146 e. The summed E-state index contributed by atoms with van der Waals surface area (Å²) in [4.78, 5) is 1.97. The molecule has 1 heterocycles. The number of benzene rings is 1. The number of halogens is 1. The van der Waals surface area contributed by atoms with E-state index in [-0.39, 0.29) is 24.1 Å². The number of nitrogens with one attached hydrogen (secondary N) is 1. The molecule has 1 saturated heterocycles. The minimum Gasteiger partial charge on any atom is -0.394 e. The van der Waals surface area contributed by atoms with Crippen LogP contribution in [0.4, 0.5) is 10.1 Å². The highest BCUT2D eigenvalue weighted by molar-refractivity contribution is 5.55. The predicted octanol–water partition coefficient (Wildman–Crippen LogP) is 1.91. The number of ether oxygens (including phenoxy) is 1. The van der Waals surface area contributed by atoms with Crippen molar-refractivity contribution in [3.05, 3.63) is 29.6 Å². The Balaban J connectivity index is 2.21. The predicted molar refractivity (Wildman–Crippen MR) is 82.0 cm³/mol. The maximum atomic E-state index is 14.3. The molecule has 1 unspecified atom stereocenters. The van der Waals surface area contributed by atoms with Crippen LogP contribution < -0.4 is 10.2 Å². The SMILES string of the molecule is CC(C)(C)NCc1cccc(F)c1N1CCOC(CO)C1. The van der Waals surface area contributed by atoms with Gasteiger partial charge >= 0.3 is 0 Å². The van der Waals surface area contributed by atoms with Gasteiger partial charge in [0, 0.05) is 25.2 Å². The highest BCUT2D eigenvalue weighted by Gasteiger charge is 2.24. The van der Waals surface area contributed by atoms with Gasteiger partial charge in [0.1, 0.15) is 5.82 Å². The number of para-hydroxylation sites is 1. The van der Waals surface area contributed by atoms with Crippen molar-refractivity contribution in [2.75, 3.05) is 31.2 Å². The molecule has 0 aromatic heterocycles. The van der Waals surface area contributed by atoms with E-state index in [1.807, 2.05) is 11.0 Å². The molecule has 1 fully saturated rings. The summed E-state index contributed by atoms with van der Waals surface area (Å²) in [6.45, 7) is 8.48. The molecule has 21 heavy (non-hydrogen) atoms. The molecule has 1 aromatic carbocycles. The molecular weight excluding hydrogens is 271 g/mol. The van der Waals surface area contributed by atoms with Crippen molar-refractivity contribution in [3.8, 4) is 0 Å². The number of nitrogens with zero attached hydrogens (tertiary/aromatic N) is 1. The fraction of sp³-hybridized carbons (Fsp3) is 0.625. The van der Waals surface area contributed by atoms with Crippen LogP contribution in [-0.4, -0.2) is 43.1 Å². The second-order valence-corrected chi connectivity index (χ2v) is 6.47. The summed E-state index contributed by atoms with van der Waals surface area (Å²) in [7, 11) is 0. The first-order valence-electron chi connectivity index (χ1n) is 7.40. The topological polar surface area (TPSA) is 44.7 Å². The van der Waals surface area contributed by atoms with Crippen molar-refractivity contribution in [1.29, 1.82) is 0 Å². The van der Waals surface area contributed by atoms with Crippen molar-refractivity contribution in [2.24, 2.45) is 0 Å². The quantitative estimate of drug-likeness (QED) is 0.891. The van der Waals surface area contributed by atoms with Gasteiger partial charge in [-0.2, -0.15) is 0 Å². The first-order chi connectivity index (χ1) is 9.90. The molecule has 4 nitrogen and oxygen atoms in total. The van der Waals surface area contributed by atoms with E-state index < -0.39 is 0 Å². The minimum absolute atomic E-state index is 0.0256. The third-order valence-electron chi connectivity index (χ3n) is 3.54. The molecule has 0 radical (unpaired) electrons. The van der Waals surface area contributed by atoms with E-state index in [4.69, 9.17) is 4.74 Å². The van der Waals surface area contributed by atoms with Gasteiger partial charge in [0.2, 0.25) is 0 Å². The summed E-state index contributed by atoms with van der Waals surface area (Å²) in [6.07, 6.45) is -0.248. The van der Waals surface area contributed by atoms with Crippen LogP contribution in [-0.2, 0) is 11.3 Å². The van der Waals surface area contributed by atoms with E-state index >= 15 is 0 Å². The van der Waals surface area contributed by atoms with Crippen molar-refractivity contribution >= 4 is 5.69 Å². The van der Waals surface area contributed by atoms with E-state index in [0.29, 0.717) is 31.9 Å². The summed E-state index contributed by atoms with van der Waals surface area (Å²) >= 11 is 0. The summed E-state index contributed by atoms with van der Waals surface area (Å²) in [6, 6.07) is 5.17. The maximum absolute atomic E-state index is 14.3. The number of aliphatic hydroxyl groups excluding tert-OH is 1. The van der Waals surface area contributed by atoms with Crippen LogP contribution in [0.2, 0.25) is 0 Å². The van der Waals surface area contributed by atoms with E-state index in [0.717, 1.165) is 5.56 Å². The third-order valence-corrected chi connectivity index (χ3v) is 3.54. The average molecular weight is 296 g/mol. The Labute approximate surface area is 125 Å². The maximum Gasteiger partial charge on any atom is 0.146 e. The van der Waals surface area contributed by atoms with Crippen LogP contribution in [0.1, 0.15) is 26.3 Å². The largest absolute Gasteiger partial charge is 0.394 e. The zero-order valence-corrected chi connectivity index (χ0v) is 13.0. The lowest BCUT2D eigenvalue weighted by Gasteiger charge is -2.35. The molecule has 1 aliphatic rings. The number of hydrogen-bond donors (Lipinski definition) is 2. The van der Waals surface area contributed by atoms with Crippen LogP contribution in [0, 0.1) is 5.82 Å². The number of hydrogen-bond acceptors (Lipinski definition) is 4. The second-order valence-electron chi connectivity index (χ2n) is 6.47. The highest BCUT2D eigenvalue weighted by Crippen LogP contribution is 2.26. The van der Waals surface area contributed by atoms with Crippen LogP contribution >= 0.6 is 0 Å². The molecule has 2 N–H and O–H groups in total. The third kappa shape index (κ3) is 4.40. The van der Waals surface area contributed by atoms with Crippen LogP contribution in [0.5, 0.6) is 0 Å². The summed E-state index contributed by atoms with van der Waals surface area (Å²) in [5, 5.41) is 12.6. The molecule has 5 heteroatoms. The van der Waals surface area contributed by atoms with Crippen molar-refractivity contribution < 1.29 is 14.2 Å². The van der Waals surface area contributed by atoms with Gasteiger partial charge in [-0.3, -0.25) is 0 Å². The van der Waals surface area contributed by atoms with Crippen molar-refractivity contribution in [1.82, 2.24) is 5.32 Å². The Morgan fingerprint density at radius 1 is 1.43 bits per heavy atom. The number of morpholine rings is 1. The number of aliphatic hydroxyl groups is 1. The molecule has 0 aliphatic carbocycles. The first kappa shape index (κ1) is 16.2. The Morgan fingerprint density at radius 2 is 2.19 bits per heavy atom. The molecular formula is C16H25FN2O2. The van der Waals surface area contributed by atoms with E-state index in [1.165, 1.54) is 6.07 Å². The van der Waals surface area contributed by atoms with Crippen LogP contribution in [0.15, 0.2) is 18.2 Å². The number of rotatable bonds is 4. The van der Waals surface area contributed by atoms with Crippen molar-refractivity contribution in [2.45, 2.75) is 39.0 Å². The van der Waals surface area contributed by atoms with E-state index in [2.05, 4.69) is 26.1 Å². The Kier molecular flexibility index (Phi) is 5.19. The fourth-order valence-electron chi connectivity index (χ4n) is 2.45. The second kappa shape index (κ2) is 6.73. The van der Waals surface area contributed by atoms with Gasteiger partial charge in [-0.25, -0.2) is 4.39 Å². The zero-order valence-electron chi connectivity index (χ0n) is 13.0. The first-order valence-corrected chi connectivity index (χ1v) is 7.40. The van der Waals surface area contributed by atoms with Gasteiger partial charge in [-0.1, -0.05) is 12.1 Å². The van der Waals surface area contributed by atoms with E-state index in [9.17, 15) is 9.50 Å². The lowest BCUT2D eigenvalue weighted by atomic mass is 10.1. The standard InChI is InChI=1S/C16H25FN2O2/c1-16(2,3)18-9-12-5-4-6-14(17)15(12)19-7-8-21-13(10-19)11-20/h4-6,13,18,20H,7-11H2,1-3H3. The summed E-state index contributed by atoms with van der Waals surface area (Å²) < 4.78 is 19.8. The molecule has 0 amide bonds. The molecule has 1 aliphatic heterocycles. The summed E-state index contributed by atoms with van der Waals surface area (Å²) in [5.74, 6) is -0.221. The molecule has 1 aromatic rings. The summed E-state index contributed by atoms with van der Waals surface area (Å²) in [5.41, 5.74) is 1.53. The van der Waals surface area contributed by atoms with Gasteiger partial charge in [-0.15, -0.1) is 0 Å². The Bertz CT molecular complexity index is 474. The average Bonchev–Trinajstić information content (AvgIpc) is 2.44. The van der Waals surface area contributed by atoms with Gasteiger partial charge in [-0.05, 0) is 32.4 Å².